The lowest BCUT2D eigenvalue weighted by molar-refractivity contribution is -0.163. The molecule has 2 saturated heterocycles. The first-order valence-electron chi connectivity index (χ1n) is 7.09. The Bertz CT molecular complexity index is 347. The molecule has 2 heterocycles. The number of rotatable bonds is 5. The van der Waals surface area contributed by atoms with E-state index in [1.54, 1.807) is 0 Å². The van der Waals surface area contributed by atoms with Crippen molar-refractivity contribution in [2.45, 2.75) is 52.2 Å². The van der Waals surface area contributed by atoms with Gasteiger partial charge in [0.2, 0.25) is 11.8 Å². The molecule has 2 rings (SSSR count). The van der Waals surface area contributed by atoms with Crippen LogP contribution in [-0.2, 0) is 19.1 Å². The van der Waals surface area contributed by atoms with E-state index in [1.165, 1.54) is 4.90 Å². The summed E-state index contributed by atoms with van der Waals surface area (Å²) in [5.74, 6) is -0.129. The van der Waals surface area contributed by atoms with Crippen LogP contribution in [0, 0.1) is 5.41 Å². The highest BCUT2D eigenvalue weighted by Crippen LogP contribution is 2.31. The quantitative estimate of drug-likeness (QED) is 0.563. The third-order valence-corrected chi connectivity index (χ3v) is 3.69. The number of carbonyl (C=O) groups is 2. The lowest BCUT2D eigenvalue weighted by Crippen LogP contribution is -2.34. The SMILES string of the molecule is CC1(C)CC(=O)N(CCCOC2CCCCO2)C1=O. The molecule has 108 valence electrons. The Kier molecular flexibility index (Phi) is 4.58. The van der Waals surface area contributed by atoms with Crippen molar-refractivity contribution in [3.63, 3.8) is 0 Å². The van der Waals surface area contributed by atoms with Crippen molar-refractivity contribution in [1.82, 2.24) is 4.90 Å². The van der Waals surface area contributed by atoms with E-state index in [0.29, 0.717) is 26.0 Å². The lowest BCUT2D eigenvalue weighted by atomic mass is 9.92. The van der Waals surface area contributed by atoms with E-state index in [1.807, 2.05) is 13.8 Å². The molecule has 0 saturated carbocycles. The van der Waals surface area contributed by atoms with Crippen molar-refractivity contribution >= 4 is 11.8 Å². The molecule has 0 bridgehead atoms. The first-order valence-corrected chi connectivity index (χ1v) is 7.09. The molecule has 0 aliphatic carbocycles. The van der Waals surface area contributed by atoms with Crippen LogP contribution in [0.3, 0.4) is 0 Å². The zero-order valence-electron chi connectivity index (χ0n) is 11.8. The molecule has 5 heteroatoms. The van der Waals surface area contributed by atoms with Crippen LogP contribution in [0.4, 0.5) is 0 Å². The van der Waals surface area contributed by atoms with E-state index < -0.39 is 5.41 Å². The molecule has 5 nitrogen and oxygen atoms in total. The van der Waals surface area contributed by atoms with Crippen molar-refractivity contribution < 1.29 is 19.1 Å². The fourth-order valence-corrected chi connectivity index (χ4v) is 2.53. The van der Waals surface area contributed by atoms with E-state index in [-0.39, 0.29) is 18.1 Å². The molecule has 0 aromatic rings. The molecule has 0 spiro atoms. The van der Waals surface area contributed by atoms with Gasteiger partial charge in [-0.2, -0.15) is 0 Å². The van der Waals surface area contributed by atoms with Gasteiger partial charge in [0.05, 0.1) is 12.0 Å². The summed E-state index contributed by atoms with van der Waals surface area (Å²) in [5.41, 5.74) is -0.537. The third kappa shape index (κ3) is 3.54. The third-order valence-electron chi connectivity index (χ3n) is 3.69. The zero-order valence-corrected chi connectivity index (χ0v) is 11.8. The van der Waals surface area contributed by atoms with Gasteiger partial charge >= 0.3 is 0 Å². The number of ether oxygens (including phenoxy) is 2. The molecule has 1 atom stereocenters. The van der Waals surface area contributed by atoms with Crippen molar-refractivity contribution in [1.29, 1.82) is 0 Å². The average molecular weight is 269 g/mol. The zero-order chi connectivity index (χ0) is 13.9. The van der Waals surface area contributed by atoms with Crippen LogP contribution in [0.1, 0.15) is 46.0 Å². The van der Waals surface area contributed by atoms with Crippen molar-refractivity contribution in [2.24, 2.45) is 5.41 Å². The molecule has 2 amide bonds. The number of amides is 2. The van der Waals surface area contributed by atoms with Crippen molar-refractivity contribution in [2.75, 3.05) is 19.8 Å². The average Bonchev–Trinajstić information content (AvgIpc) is 2.57. The van der Waals surface area contributed by atoms with E-state index in [2.05, 4.69) is 0 Å². The van der Waals surface area contributed by atoms with E-state index in [0.717, 1.165) is 25.9 Å². The minimum absolute atomic E-state index is 0.0635. The number of imide groups is 1. The minimum atomic E-state index is -0.537. The maximum absolute atomic E-state index is 12.0. The van der Waals surface area contributed by atoms with E-state index in [4.69, 9.17) is 9.47 Å². The Morgan fingerprint density at radius 2 is 2.16 bits per heavy atom. The summed E-state index contributed by atoms with van der Waals surface area (Å²) in [4.78, 5) is 25.1. The van der Waals surface area contributed by atoms with E-state index >= 15 is 0 Å². The smallest absolute Gasteiger partial charge is 0.235 e. The van der Waals surface area contributed by atoms with Gasteiger partial charge in [0.15, 0.2) is 6.29 Å². The largest absolute Gasteiger partial charge is 0.353 e. The van der Waals surface area contributed by atoms with Gasteiger partial charge in [0.25, 0.3) is 0 Å². The van der Waals surface area contributed by atoms with Gasteiger partial charge in [-0.3, -0.25) is 14.5 Å². The van der Waals surface area contributed by atoms with Crippen molar-refractivity contribution in [3.8, 4) is 0 Å². The summed E-state index contributed by atoms with van der Waals surface area (Å²) in [7, 11) is 0. The number of carbonyl (C=O) groups excluding carboxylic acids is 2. The highest BCUT2D eigenvalue weighted by molar-refractivity contribution is 6.05. The molecule has 19 heavy (non-hydrogen) atoms. The van der Waals surface area contributed by atoms with Crippen LogP contribution in [0.2, 0.25) is 0 Å². The fourth-order valence-electron chi connectivity index (χ4n) is 2.53. The number of hydrogen-bond donors (Lipinski definition) is 0. The van der Waals surface area contributed by atoms with Gasteiger partial charge < -0.3 is 9.47 Å². The normalized spacial score (nSPS) is 27.1. The molecule has 0 N–H and O–H groups in total. The van der Waals surface area contributed by atoms with Crippen LogP contribution in [0.15, 0.2) is 0 Å². The molecular weight excluding hydrogens is 246 g/mol. The first kappa shape index (κ1) is 14.5. The maximum Gasteiger partial charge on any atom is 0.235 e. The topological polar surface area (TPSA) is 55.8 Å². The van der Waals surface area contributed by atoms with Gasteiger partial charge in [0.1, 0.15) is 0 Å². The van der Waals surface area contributed by atoms with Gasteiger partial charge in [-0.15, -0.1) is 0 Å². The Morgan fingerprint density at radius 1 is 1.37 bits per heavy atom. The molecule has 0 aromatic heterocycles. The predicted molar refractivity (Wildman–Crippen MR) is 69.3 cm³/mol. The maximum atomic E-state index is 12.0. The van der Waals surface area contributed by atoms with Gasteiger partial charge in [-0.1, -0.05) is 13.8 Å². The Labute approximate surface area is 114 Å². The van der Waals surface area contributed by atoms with Crippen LogP contribution in [0.25, 0.3) is 0 Å². The number of nitrogens with zero attached hydrogens (tertiary/aromatic N) is 1. The highest BCUT2D eigenvalue weighted by atomic mass is 16.7. The van der Waals surface area contributed by atoms with Crippen LogP contribution < -0.4 is 0 Å². The van der Waals surface area contributed by atoms with Gasteiger partial charge in [-0.25, -0.2) is 0 Å². The predicted octanol–water partition coefficient (Wildman–Crippen LogP) is 1.70. The van der Waals surface area contributed by atoms with Crippen molar-refractivity contribution in [3.05, 3.63) is 0 Å². The summed E-state index contributed by atoms with van der Waals surface area (Å²) >= 11 is 0. The molecule has 2 fully saturated rings. The lowest BCUT2D eigenvalue weighted by Gasteiger charge is -2.23. The highest BCUT2D eigenvalue weighted by Gasteiger charge is 2.44. The summed E-state index contributed by atoms with van der Waals surface area (Å²) in [6.45, 7) is 5.39. The monoisotopic (exact) mass is 269 g/mol. The molecule has 2 aliphatic heterocycles. The Hall–Kier alpha value is -0.940. The van der Waals surface area contributed by atoms with E-state index in [9.17, 15) is 9.59 Å². The second-order valence-corrected chi connectivity index (χ2v) is 5.93. The molecule has 0 aromatic carbocycles. The number of hydrogen-bond acceptors (Lipinski definition) is 4. The summed E-state index contributed by atoms with van der Waals surface area (Å²) in [5, 5.41) is 0. The number of likely N-dealkylation sites (tertiary alicyclic amines) is 1. The van der Waals surface area contributed by atoms with Gasteiger partial charge in [-0.05, 0) is 25.7 Å². The molecular formula is C14H23NO4. The second-order valence-electron chi connectivity index (χ2n) is 5.93. The Morgan fingerprint density at radius 3 is 2.74 bits per heavy atom. The molecule has 2 aliphatic rings. The molecule has 0 radical (unpaired) electrons. The summed E-state index contributed by atoms with van der Waals surface area (Å²) in [6, 6.07) is 0. The van der Waals surface area contributed by atoms with Gasteiger partial charge in [0, 0.05) is 19.6 Å². The fraction of sp³-hybridized carbons (Fsp3) is 0.857. The standard InChI is InChI=1S/C14H23NO4/c1-14(2)10-11(16)15(13(14)17)7-5-9-19-12-6-3-4-8-18-12/h12H,3-10H2,1-2H3. The Balaban J connectivity index is 1.68. The van der Waals surface area contributed by atoms with Crippen LogP contribution in [0.5, 0.6) is 0 Å². The summed E-state index contributed by atoms with van der Waals surface area (Å²) < 4.78 is 11.0. The summed E-state index contributed by atoms with van der Waals surface area (Å²) in [6.07, 6.45) is 4.07. The van der Waals surface area contributed by atoms with Crippen LogP contribution >= 0.6 is 0 Å². The second kappa shape index (κ2) is 6.01. The van der Waals surface area contributed by atoms with Crippen LogP contribution in [-0.4, -0.2) is 42.8 Å². The molecule has 1 unspecified atom stereocenters. The first-order chi connectivity index (χ1) is 9.00. The minimum Gasteiger partial charge on any atom is -0.353 e.